The van der Waals surface area contributed by atoms with Gasteiger partial charge in [-0.15, -0.1) is 0 Å². The largest absolute Gasteiger partial charge is 0.462 e. The molecular formula is C9H10N2O. The molecule has 0 radical (unpaired) electrons. The summed E-state index contributed by atoms with van der Waals surface area (Å²) in [5.74, 6) is 0. The van der Waals surface area contributed by atoms with E-state index in [0.717, 1.165) is 30.6 Å². The van der Waals surface area contributed by atoms with E-state index in [4.69, 9.17) is 4.42 Å². The third kappa shape index (κ3) is 0.689. The molecule has 62 valence electrons. The zero-order valence-electron chi connectivity index (χ0n) is 6.68. The second kappa shape index (κ2) is 2.14. The van der Waals surface area contributed by atoms with Gasteiger partial charge in [-0.1, -0.05) is 0 Å². The molecule has 2 N–H and O–H groups in total. The van der Waals surface area contributed by atoms with Crippen LogP contribution < -0.4 is 5.32 Å². The van der Waals surface area contributed by atoms with Crippen LogP contribution in [0, 0.1) is 0 Å². The molecule has 0 atom stereocenters. The number of aromatic amines is 1. The average Bonchev–Trinajstić information content (AvgIpc) is 2.62. The van der Waals surface area contributed by atoms with Gasteiger partial charge in [0.15, 0.2) is 5.58 Å². The van der Waals surface area contributed by atoms with Crippen molar-refractivity contribution in [2.45, 2.75) is 13.0 Å². The SMILES string of the molecule is c1cc2[nH]c3c(c2o1)CNCC3. The van der Waals surface area contributed by atoms with E-state index in [1.54, 1.807) is 6.26 Å². The van der Waals surface area contributed by atoms with Gasteiger partial charge in [0.1, 0.15) is 0 Å². The minimum absolute atomic E-state index is 0.933. The predicted molar refractivity (Wildman–Crippen MR) is 46.0 cm³/mol. The molecule has 3 nitrogen and oxygen atoms in total. The van der Waals surface area contributed by atoms with Gasteiger partial charge in [-0.25, -0.2) is 0 Å². The van der Waals surface area contributed by atoms with Crippen LogP contribution in [0.15, 0.2) is 16.7 Å². The van der Waals surface area contributed by atoms with Crippen LogP contribution in [0.1, 0.15) is 11.3 Å². The van der Waals surface area contributed by atoms with E-state index in [1.165, 1.54) is 11.3 Å². The van der Waals surface area contributed by atoms with Crippen LogP contribution in [-0.2, 0) is 13.0 Å². The van der Waals surface area contributed by atoms with Crippen molar-refractivity contribution in [3.63, 3.8) is 0 Å². The maximum Gasteiger partial charge on any atom is 0.156 e. The molecule has 0 aromatic carbocycles. The summed E-state index contributed by atoms with van der Waals surface area (Å²) in [4.78, 5) is 3.36. The summed E-state index contributed by atoms with van der Waals surface area (Å²) in [6.45, 7) is 2.00. The third-order valence-corrected chi connectivity index (χ3v) is 2.44. The standard InChI is InChI=1S/C9H10N2O/c1-3-10-5-6-7(1)11-8-2-4-12-9(6)8/h2,4,10-11H,1,3,5H2. The first-order chi connectivity index (χ1) is 5.95. The van der Waals surface area contributed by atoms with Gasteiger partial charge < -0.3 is 14.7 Å². The van der Waals surface area contributed by atoms with Crippen molar-refractivity contribution in [2.75, 3.05) is 6.54 Å². The predicted octanol–water partition coefficient (Wildman–Crippen LogP) is 1.41. The number of furan rings is 1. The summed E-state index contributed by atoms with van der Waals surface area (Å²) < 4.78 is 5.39. The Kier molecular flexibility index (Phi) is 1.12. The van der Waals surface area contributed by atoms with Crippen molar-refractivity contribution in [1.82, 2.24) is 10.3 Å². The summed E-state index contributed by atoms with van der Waals surface area (Å²) in [6, 6.07) is 1.98. The molecule has 3 rings (SSSR count). The molecule has 3 heteroatoms. The lowest BCUT2D eigenvalue weighted by Gasteiger charge is -2.11. The zero-order valence-corrected chi connectivity index (χ0v) is 6.68. The fourth-order valence-electron chi connectivity index (χ4n) is 1.84. The Labute approximate surface area is 69.8 Å². The average molecular weight is 162 g/mol. The summed E-state index contributed by atoms with van der Waals surface area (Å²) in [7, 11) is 0. The maximum atomic E-state index is 5.39. The van der Waals surface area contributed by atoms with Crippen LogP contribution >= 0.6 is 0 Å². The molecule has 1 aliphatic heterocycles. The molecule has 0 bridgehead atoms. The smallest absolute Gasteiger partial charge is 0.156 e. The van der Waals surface area contributed by atoms with E-state index < -0.39 is 0 Å². The lowest BCUT2D eigenvalue weighted by Crippen LogP contribution is -2.22. The second-order valence-electron chi connectivity index (χ2n) is 3.17. The quantitative estimate of drug-likeness (QED) is 0.614. The fourth-order valence-corrected chi connectivity index (χ4v) is 1.84. The monoisotopic (exact) mass is 162 g/mol. The Morgan fingerprint density at radius 2 is 2.42 bits per heavy atom. The minimum atomic E-state index is 0.933. The van der Waals surface area contributed by atoms with E-state index in [-0.39, 0.29) is 0 Å². The first kappa shape index (κ1) is 6.31. The second-order valence-corrected chi connectivity index (χ2v) is 3.17. The van der Waals surface area contributed by atoms with Crippen molar-refractivity contribution >= 4 is 11.1 Å². The van der Waals surface area contributed by atoms with Crippen LogP contribution in [0.25, 0.3) is 11.1 Å². The van der Waals surface area contributed by atoms with Crippen LogP contribution in [0.5, 0.6) is 0 Å². The number of rotatable bonds is 0. The number of fused-ring (bicyclic) bond motifs is 3. The molecule has 0 fully saturated rings. The highest BCUT2D eigenvalue weighted by Crippen LogP contribution is 2.25. The van der Waals surface area contributed by atoms with E-state index in [0.29, 0.717) is 0 Å². The van der Waals surface area contributed by atoms with Gasteiger partial charge in [0.2, 0.25) is 0 Å². The van der Waals surface area contributed by atoms with Crippen molar-refractivity contribution in [3.05, 3.63) is 23.6 Å². The summed E-state index contributed by atoms with van der Waals surface area (Å²) in [5, 5.41) is 3.33. The Balaban J connectivity index is 2.34. The van der Waals surface area contributed by atoms with Crippen molar-refractivity contribution in [3.8, 4) is 0 Å². The normalized spacial score (nSPS) is 16.7. The van der Waals surface area contributed by atoms with E-state index in [2.05, 4.69) is 10.3 Å². The first-order valence-corrected chi connectivity index (χ1v) is 4.23. The van der Waals surface area contributed by atoms with Crippen molar-refractivity contribution in [1.29, 1.82) is 0 Å². The molecule has 0 unspecified atom stereocenters. The Morgan fingerprint density at radius 1 is 1.42 bits per heavy atom. The molecule has 3 heterocycles. The molecule has 0 spiro atoms. The first-order valence-electron chi connectivity index (χ1n) is 4.23. The van der Waals surface area contributed by atoms with Gasteiger partial charge in [-0.3, -0.25) is 0 Å². The number of H-pyrrole nitrogens is 1. The van der Waals surface area contributed by atoms with Crippen LogP contribution in [0.2, 0.25) is 0 Å². The van der Waals surface area contributed by atoms with Crippen LogP contribution in [0.4, 0.5) is 0 Å². The molecule has 0 aliphatic carbocycles. The Morgan fingerprint density at radius 3 is 3.42 bits per heavy atom. The van der Waals surface area contributed by atoms with Gasteiger partial charge >= 0.3 is 0 Å². The van der Waals surface area contributed by atoms with Gasteiger partial charge in [0, 0.05) is 36.8 Å². The summed E-state index contributed by atoms with van der Waals surface area (Å²) >= 11 is 0. The van der Waals surface area contributed by atoms with Crippen molar-refractivity contribution < 1.29 is 4.42 Å². The molecule has 12 heavy (non-hydrogen) atoms. The van der Waals surface area contributed by atoms with Gasteiger partial charge in [-0.2, -0.15) is 0 Å². The van der Waals surface area contributed by atoms with E-state index in [9.17, 15) is 0 Å². The molecule has 0 saturated carbocycles. The molecular weight excluding hydrogens is 152 g/mol. The lowest BCUT2D eigenvalue weighted by molar-refractivity contribution is 0.591. The van der Waals surface area contributed by atoms with Crippen LogP contribution in [0.3, 0.4) is 0 Å². The van der Waals surface area contributed by atoms with Gasteiger partial charge in [0.05, 0.1) is 11.8 Å². The highest BCUT2D eigenvalue weighted by molar-refractivity contribution is 5.79. The Hall–Kier alpha value is -1.22. The van der Waals surface area contributed by atoms with E-state index in [1.807, 2.05) is 6.07 Å². The molecule has 0 saturated heterocycles. The van der Waals surface area contributed by atoms with Crippen molar-refractivity contribution in [2.24, 2.45) is 0 Å². The minimum Gasteiger partial charge on any atom is -0.462 e. The Bertz CT molecular complexity index is 413. The van der Waals surface area contributed by atoms with Gasteiger partial charge in [-0.05, 0) is 0 Å². The zero-order chi connectivity index (χ0) is 7.97. The third-order valence-electron chi connectivity index (χ3n) is 2.44. The molecule has 2 aromatic heterocycles. The highest BCUT2D eigenvalue weighted by atomic mass is 16.3. The highest BCUT2D eigenvalue weighted by Gasteiger charge is 2.16. The molecule has 1 aliphatic rings. The molecule has 0 amide bonds. The number of nitrogens with one attached hydrogen (secondary N) is 2. The summed E-state index contributed by atoms with van der Waals surface area (Å²) in [5.41, 5.74) is 4.80. The maximum absolute atomic E-state index is 5.39. The lowest BCUT2D eigenvalue weighted by atomic mass is 10.1. The van der Waals surface area contributed by atoms with Crippen LogP contribution in [-0.4, -0.2) is 11.5 Å². The fraction of sp³-hybridized carbons (Fsp3) is 0.333. The number of hydrogen-bond acceptors (Lipinski definition) is 2. The summed E-state index contributed by atoms with van der Waals surface area (Å²) in [6.07, 6.45) is 2.82. The number of hydrogen-bond donors (Lipinski definition) is 2. The number of aromatic nitrogens is 1. The van der Waals surface area contributed by atoms with E-state index >= 15 is 0 Å². The molecule has 2 aromatic rings. The van der Waals surface area contributed by atoms with Gasteiger partial charge in [0.25, 0.3) is 0 Å². The topological polar surface area (TPSA) is 41.0 Å².